The fraction of sp³-hybridized carbons (Fsp3) is 0.667. The van der Waals surface area contributed by atoms with Crippen LogP contribution in [-0.2, 0) is 6.42 Å². The zero-order valence-corrected chi connectivity index (χ0v) is 9.41. The minimum absolute atomic E-state index is 0.0479. The minimum atomic E-state index is 0.0479. The molecule has 0 N–H and O–H groups in total. The molecule has 1 atom stereocenters. The topological polar surface area (TPSA) is 90.7 Å². The molecule has 0 spiro atoms. The van der Waals surface area contributed by atoms with E-state index in [1.54, 1.807) is 0 Å². The van der Waals surface area contributed by atoms with Crippen molar-refractivity contribution >= 4 is 0 Å². The fourth-order valence-corrected chi connectivity index (χ4v) is 1.27. The average molecular weight is 223 g/mol. The maximum Gasteiger partial charge on any atom is 0.227 e. The van der Waals surface area contributed by atoms with E-state index in [4.69, 9.17) is 4.52 Å². The number of nitrogens with zero attached hydrogens (tertiary/aromatic N) is 5. The number of aromatic nitrogens is 5. The molecule has 16 heavy (non-hydrogen) atoms. The summed E-state index contributed by atoms with van der Waals surface area (Å²) in [6, 6.07) is 0. The molecule has 2 rings (SSSR count). The van der Waals surface area contributed by atoms with Gasteiger partial charge in [-0.25, -0.2) is 4.63 Å². The molecule has 0 aromatic carbocycles. The van der Waals surface area contributed by atoms with Gasteiger partial charge in [0.2, 0.25) is 5.89 Å². The highest BCUT2D eigenvalue weighted by Crippen LogP contribution is 2.17. The average Bonchev–Trinajstić information content (AvgIpc) is 2.87. The van der Waals surface area contributed by atoms with Crippen molar-refractivity contribution in [1.29, 1.82) is 0 Å². The molecule has 0 fully saturated rings. The highest BCUT2D eigenvalue weighted by Gasteiger charge is 2.17. The van der Waals surface area contributed by atoms with Gasteiger partial charge < -0.3 is 4.52 Å². The largest absolute Gasteiger partial charge is 0.339 e. The Labute approximate surface area is 92.2 Å². The lowest BCUT2D eigenvalue weighted by atomic mass is 10.1. The number of rotatable bonds is 4. The molecule has 0 amide bonds. The lowest BCUT2D eigenvalue weighted by Crippen LogP contribution is -2.01. The summed E-state index contributed by atoms with van der Waals surface area (Å²) in [6.07, 6.45) is 0.584. The van der Waals surface area contributed by atoms with E-state index in [0.717, 1.165) is 0 Å². The van der Waals surface area contributed by atoms with E-state index < -0.39 is 0 Å². The van der Waals surface area contributed by atoms with Crippen molar-refractivity contribution in [2.45, 2.75) is 39.0 Å². The molecule has 2 heterocycles. The molecule has 0 saturated carbocycles. The first kappa shape index (κ1) is 10.7. The van der Waals surface area contributed by atoms with Crippen molar-refractivity contribution < 1.29 is 9.15 Å². The van der Waals surface area contributed by atoms with Crippen LogP contribution in [0.3, 0.4) is 0 Å². The summed E-state index contributed by atoms with van der Waals surface area (Å²) in [4.78, 5) is 4.28. The van der Waals surface area contributed by atoms with Crippen LogP contribution in [0.5, 0.6) is 0 Å². The molecule has 2 aromatic rings. The highest BCUT2D eigenvalue weighted by atomic mass is 16.6. The van der Waals surface area contributed by atoms with Gasteiger partial charge in [0.25, 0.3) is 0 Å². The normalized spacial score (nSPS) is 13.2. The second-order valence-electron chi connectivity index (χ2n) is 4.02. The van der Waals surface area contributed by atoms with Gasteiger partial charge in [-0.2, -0.15) is 4.98 Å². The standard InChI is InChI=1S/C9H13N5O2/c1-5(2)8-10-7(15-12-8)4-6(3)9-11-14-16-13-9/h5-6H,4H2,1-3H3. The Morgan fingerprint density at radius 3 is 2.50 bits per heavy atom. The van der Waals surface area contributed by atoms with Gasteiger partial charge in [-0.05, 0) is 5.16 Å². The minimum Gasteiger partial charge on any atom is -0.339 e. The monoisotopic (exact) mass is 223 g/mol. The summed E-state index contributed by atoms with van der Waals surface area (Å²) in [6.45, 7) is 5.98. The molecule has 86 valence electrons. The van der Waals surface area contributed by atoms with Gasteiger partial charge in [0, 0.05) is 18.3 Å². The lowest BCUT2D eigenvalue weighted by molar-refractivity contribution is 0.289. The van der Waals surface area contributed by atoms with E-state index >= 15 is 0 Å². The van der Waals surface area contributed by atoms with Crippen LogP contribution in [0.15, 0.2) is 9.15 Å². The Morgan fingerprint density at radius 2 is 1.94 bits per heavy atom. The van der Waals surface area contributed by atoms with Crippen LogP contribution in [0.1, 0.15) is 50.1 Å². The third kappa shape index (κ3) is 2.23. The van der Waals surface area contributed by atoms with Gasteiger partial charge in [0.1, 0.15) is 0 Å². The van der Waals surface area contributed by atoms with Gasteiger partial charge in [0.05, 0.1) is 5.27 Å². The van der Waals surface area contributed by atoms with Gasteiger partial charge >= 0.3 is 0 Å². The Hall–Kier alpha value is -1.79. The van der Waals surface area contributed by atoms with Crippen LogP contribution in [0.2, 0.25) is 0 Å². The van der Waals surface area contributed by atoms with E-state index in [1.165, 1.54) is 0 Å². The van der Waals surface area contributed by atoms with Crippen molar-refractivity contribution in [1.82, 2.24) is 25.7 Å². The van der Waals surface area contributed by atoms with Crippen molar-refractivity contribution in [2.24, 2.45) is 0 Å². The molecule has 0 bridgehead atoms. The van der Waals surface area contributed by atoms with Crippen LogP contribution in [0, 0.1) is 0 Å². The van der Waals surface area contributed by atoms with Gasteiger partial charge in [-0.3, -0.25) is 0 Å². The second kappa shape index (κ2) is 4.38. The first-order valence-electron chi connectivity index (χ1n) is 5.14. The van der Waals surface area contributed by atoms with Crippen molar-refractivity contribution in [3.8, 4) is 0 Å². The van der Waals surface area contributed by atoms with Crippen LogP contribution < -0.4 is 0 Å². The fourth-order valence-electron chi connectivity index (χ4n) is 1.27. The third-order valence-electron chi connectivity index (χ3n) is 2.24. The third-order valence-corrected chi connectivity index (χ3v) is 2.24. The molecule has 1 unspecified atom stereocenters. The lowest BCUT2D eigenvalue weighted by Gasteiger charge is -2.00. The second-order valence-corrected chi connectivity index (χ2v) is 4.02. The van der Waals surface area contributed by atoms with Crippen molar-refractivity contribution in [3.63, 3.8) is 0 Å². The molecule has 0 aliphatic heterocycles. The van der Waals surface area contributed by atoms with E-state index in [9.17, 15) is 0 Å². The molecule has 0 aliphatic carbocycles. The molecule has 7 nitrogen and oxygen atoms in total. The van der Waals surface area contributed by atoms with Gasteiger partial charge in [-0.15, -0.1) is 0 Å². The summed E-state index contributed by atoms with van der Waals surface area (Å²) in [5.74, 6) is 2.16. The van der Waals surface area contributed by atoms with Gasteiger partial charge in [-0.1, -0.05) is 31.0 Å². The van der Waals surface area contributed by atoms with Crippen molar-refractivity contribution in [3.05, 3.63) is 17.5 Å². The highest BCUT2D eigenvalue weighted by molar-refractivity contribution is 4.97. The molecular formula is C9H13N5O2. The first-order chi connectivity index (χ1) is 7.66. The quantitative estimate of drug-likeness (QED) is 0.771. The Kier molecular flexibility index (Phi) is 2.93. The Balaban J connectivity index is 2.03. The molecule has 0 radical (unpaired) electrons. The summed E-state index contributed by atoms with van der Waals surface area (Å²) < 4.78 is 9.57. The number of hydrogen-bond acceptors (Lipinski definition) is 7. The summed E-state index contributed by atoms with van der Waals surface area (Å²) in [5, 5.41) is 14.6. The maximum atomic E-state index is 5.13. The molecule has 2 aromatic heterocycles. The predicted octanol–water partition coefficient (Wildman–Crippen LogP) is 1.32. The maximum absolute atomic E-state index is 5.13. The molecule has 0 saturated heterocycles. The van der Waals surface area contributed by atoms with E-state index in [1.807, 2.05) is 20.8 Å². The Morgan fingerprint density at radius 1 is 1.12 bits per heavy atom. The zero-order chi connectivity index (χ0) is 11.5. The SMILES string of the molecule is CC(C)c1noc(CC(C)c2nnon2)n1. The summed E-state index contributed by atoms with van der Waals surface area (Å²) in [5.41, 5.74) is 0. The smallest absolute Gasteiger partial charge is 0.227 e. The van der Waals surface area contributed by atoms with Crippen LogP contribution in [0.4, 0.5) is 0 Å². The van der Waals surface area contributed by atoms with Crippen LogP contribution >= 0.6 is 0 Å². The molecule has 0 aliphatic rings. The van der Waals surface area contributed by atoms with Crippen LogP contribution in [0.25, 0.3) is 0 Å². The first-order valence-corrected chi connectivity index (χ1v) is 5.14. The number of hydrogen-bond donors (Lipinski definition) is 0. The Bertz CT molecular complexity index is 436. The van der Waals surface area contributed by atoms with Crippen LogP contribution in [-0.4, -0.2) is 25.7 Å². The van der Waals surface area contributed by atoms with E-state index in [0.29, 0.717) is 24.0 Å². The summed E-state index contributed by atoms with van der Waals surface area (Å²) in [7, 11) is 0. The summed E-state index contributed by atoms with van der Waals surface area (Å²) >= 11 is 0. The zero-order valence-electron chi connectivity index (χ0n) is 9.41. The molecule has 7 heteroatoms. The van der Waals surface area contributed by atoms with Gasteiger partial charge in [0.15, 0.2) is 11.6 Å². The van der Waals surface area contributed by atoms with Crippen molar-refractivity contribution in [2.75, 3.05) is 0 Å². The molecular weight excluding hydrogens is 210 g/mol. The van der Waals surface area contributed by atoms with E-state index in [-0.39, 0.29) is 11.8 Å². The van der Waals surface area contributed by atoms with E-state index in [2.05, 4.69) is 30.3 Å². The predicted molar refractivity (Wildman–Crippen MR) is 52.6 cm³/mol.